The smallest absolute Gasteiger partial charge is 0.338 e. The number of hydrogen-bond donors (Lipinski definition) is 2. The number of rotatable bonds is 3. The number of hydrogen-bond acceptors (Lipinski definition) is 6. The van der Waals surface area contributed by atoms with Gasteiger partial charge in [0.05, 0.1) is 18.1 Å². The molecule has 0 bridgehead atoms. The van der Waals surface area contributed by atoms with E-state index in [1.54, 1.807) is 13.8 Å². The Morgan fingerprint density at radius 3 is 2.30 bits per heavy atom. The summed E-state index contributed by atoms with van der Waals surface area (Å²) in [6.45, 7) is 15.7. The van der Waals surface area contributed by atoms with E-state index < -0.39 is 11.9 Å². The fraction of sp³-hybridized carbons (Fsp3) is 0.500. The summed E-state index contributed by atoms with van der Waals surface area (Å²) < 4.78 is 10.7. The minimum atomic E-state index is -0.883. The van der Waals surface area contributed by atoms with Crippen LogP contribution in [0.3, 0.4) is 0 Å². The van der Waals surface area contributed by atoms with Crippen molar-refractivity contribution in [2.24, 2.45) is 5.73 Å². The zero-order valence-electron chi connectivity index (χ0n) is 19.1. The number of carbonyl (C=O) groups is 1. The molecule has 162 valence electrons. The molecule has 0 saturated heterocycles. The first-order valence-corrected chi connectivity index (χ1v) is 10.1. The largest absolute Gasteiger partial charge is 0.507 e. The molecule has 0 spiro atoms. The van der Waals surface area contributed by atoms with Gasteiger partial charge in [0.25, 0.3) is 0 Å². The molecule has 1 unspecified atom stereocenters. The molecule has 6 nitrogen and oxygen atoms in total. The second-order valence-electron chi connectivity index (χ2n) is 9.58. The summed E-state index contributed by atoms with van der Waals surface area (Å²) in [4.78, 5) is 12.8. The first-order chi connectivity index (χ1) is 13.7. The van der Waals surface area contributed by atoms with E-state index in [1.165, 1.54) is 0 Å². The number of benzene rings is 1. The molecule has 0 aromatic heterocycles. The van der Waals surface area contributed by atoms with Gasteiger partial charge in [-0.05, 0) is 35.8 Å². The summed E-state index contributed by atoms with van der Waals surface area (Å²) in [5.41, 5.74) is 7.81. The first-order valence-electron chi connectivity index (χ1n) is 10.1. The summed E-state index contributed by atoms with van der Waals surface area (Å²) in [5.74, 6) is -1.26. The van der Waals surface area contributed by atoms with Crippen LogP contribution in [0.15, 0.2) is 34.9 Å². The SMILES string of the molecule is CCOC(=O)C1=C(C)OC(N)=C(C#N)C1c1cc(C(C)(C)C)cc(C(C)(C)C)c1O. The number of nitrogens with two attached hydrogens (primary N) is 1. The number of phenolic OH excluding ortho intramolecular Hbond substituents is 1. The average molecular weight is 413 g/mol. The third-order valence-electron chi connectivity index (χ3n) is 5.23. The molecule has 1 aliphatic heterocycles. The normalized spacial score (nSPS) is 17.5. The molecule has 1 heterocycles. The molecule has 0 radical (unpaired) electrons. The van der Waals surface area contributed by atoms with Crippen molar-refractivity contribution in [1.29, 1.82) is 5.26 Å². The summed E-state index contributed by atoms with van der Waals surface area (Å²) >= 11 is 0. The Morgan fingerprint density at radius 1 is 1.23 bits per heavy atom. The number of nitriles is 1. The highest BCUT2D eigenvalue weighted by Crippen LogP contribution is 2.47. The monoisotopic (exact) mass is 412 g/mol. The molecule has 0 amide bonds. The molecule has 1 aromatic rings. The molecule has 0 fully saturated rings. The highest BCUT2D eigenvalue weighted by molar-refractivity contribution is 5.93. The standard InChI is InChI=1S/C24H32N2O4/c1-9-29-22(28)18-13(2)30-21(26)16(12-25)19(18)15-10-14(23(3,4)5)11-17(20(15)27)24(6,7)8/h10-11,19,27H,9,26H2,1-8H3. The van der Waals surface area contributed by atoms with Crippen LogP contribution in [0.2, 0.25) is 0 Å². The van der Waals surface area contributed by atoms with Crippen molar-refractivity contribution < 1.29 is 19.4 Å². The van der Waals surface area contributed by atoms with Gasteiger partial charge in [-0.3, -0.25) is 0 Å². The number of carbonyl (C=O) groups excluding carboxylic acids is 1. The third-order valence-corrected chi connectivity index (χ3v) is 5.23. The van der Waals surface area contributed by atoms with Gasteiger partial charge in [0.1, 0.15) is 23.2 Å². The Labute approximate surface area is 179 Å². The quantitative estimate of drug-likeness (QED) is 0.701. The van der Waals surface area contributed by atoms with Crippen LogP contribution in [0.1, 0.15) is 78.0 Å². The van der Waals surface area contributed by atoms with Gasteiger partial charge < -0.3 is 20.3 Å². The van der Waals surface area contributed by atoms with Crippen molar-refractivity contribution in [3.63, 3.8) is 0 Å². The van der Waals surface area contributed by atoms with Crippen LogP contribution in [-0.2, 0) is 25.1 Å². The van der Waals surface area contributed by atoms with Crippen molar-refractivity contribution in [2.45, 2.75) is 72.1 Å². The topological polar surface area (TPSA) is 106 Å². The van der Waals surface area contributed by atoms with E-state index in [0.717, 1.165) is 11.1 Å². The van der Waals surface area contributed by atoms with Gasteiger partial charge in [-0.15, -0.1) is 0 Å². The van der Waals surface area contributed by atoms with Crippen LogP contribution >= 0.6 is 0 Å². The summed E-state index contributed by atoms with van der Waals surface area (Å²) in [6, 6.07) is 5.90. The zero-order valence-corrected chi connectivity index (χ0v) is 19.1. The zero-order chi connectivity index (χ0) is 23.0. The van der Waals surface area contributed by atoms with Crippen LogP contribution in [0.4, 0.5) is 0 Å². The number of phenols is 1. The maximum Gasteiger partial charge on any atom is 0.338 e. The van der Waals surface area contributed by atoms with E-state index in [0.29, 0.717) is 5.56 Å². The van der Waals surface area contributed by atoms with Crippen LogP contribution in [-0.4, -0.2) is 17.7 Å². The van der Waals surface area contributed by atoms with E-state index >= 15 is 0 Å². The fourth-order valence-corrected chi connectivity index (χ4v) is 3.55. The summed E-state index contributed by atoms with van der Waals surface area (Å²) in [5, 5.41) is 21.1. The van der Waals surface area contributed by atoms with Gasteiger partial charge in [0.2, 0.25) is 5.88 Å². The van der Waals surface area contributed by atoms with Crippen molar-refractivity contribution in [1.82, 2.24) is 0 Å². The number of nitrogens with zero attached hydrogens (tertiary/aromatic N) is 1. The van der Waals surface area contributed by atoms with Crippen molar-refractivity contribution >= 4 is 5.97 Å². The minimum Gasteiger partial charge on any atom is -0.507 e. The van der Waals surface area contributed by atoms with E-state index in [4.69, 9.17) is 15.2 Å². The van der Waals surface area contributed by atoms with Crippen molar-refractivity contribution in [2.75, 3.05) is 6.61 Å². The predicted octanol–water partition coefficient (Wildman–Crippen LogP) is 4.63. The van der Waals surface area contributed by atoms with Gasteiger partial charge in [-0.25, -0.2) is 4.79 Å². The second-order valence-corrected chi connectivity index (χ2v) is 9.58. The highest BCUT2D eigenvalue weighted by atomic mass is 16.5. The van der Waals surface area contributed by atoms with E-state index in [2.05, 4.69) is 26.8 Å². The van der Waals surface area contributed by atoms with E-state index in [9.17, 15) is 15.2 Å². The number of allylic oxidation sites excluding steroid dienone is 2. The maximum absolute atomic E-state index is 12.8. The lowest BCUT2D eigenvalue weighted by atomic mass is 9.74. The van der Waals surface area contributed by atoms with Gasteiger partial charge in [-0.2, -0.15) is 5.26 Å². The van der Waals surface area contributed by atoms with Crippen molar-refractivity contribution in [3.05, 3.63) is 51.6 Å². The molecule has 30 heavy (non-hydrogen) atoms. The second kappa shape index (κ2) is 8.06. The molecular formula is C24H32N2O4. The third kappa shape index (κ3) is 4.30. The lowest BCUT2D eigenvalue weighted by molar-refractivity contribution is -0.139. The number of aromatic hydroxyl groups is 1. The average Bonchev–Trinajstić information content (AvgIpc) is 2.59. The molecule has 0 aliphatic carbocycles. The Morgan fingerprint density at radius 2 is 1.83 bits per heavy atom. The van der Waals surface area contributed by atoms with Crippen LogP contribution < -0.4 is 5.73 Å². The summed E-state index contributed by atoms with van der Waals surface area (Å²) in [7, 11) is 0. The Balaban J connectivity index is 2.93. The highest BCUT2D eigenvalue weighted by Gasteiger charge is 2.39. The molecule has 6 heteroatoms. The maximum atomic E-state index is 12.8. The van der Waals surface area contributed by atoms with E-state index in [1.807, 2.05) is 32.9 Å². The molecule has 0 saturated carbocycles. The predicted molar refractivity (Wildman–Crippen MR) is 115 cm³/mol. The molecule has 3 N–H and O–H groups in total. The fourth-order valence-electron chi connectivity index (χ4n) is 3.55. The molecule has 1 atom stereocenters. The van der Waals surface area contributed by atoms with Crippen LogP contribution in [0.5, 0.6) is 5.75 Å². The first kappa shape index (κ1) is 23.3. The Hall–Kier alpha value is -2.94. The van der Waals surface area contributed by atoms with Crippen LogP contribution in [0, 0.1) is 11.3 Å². The van der Waals surface area contributed by atoms with Gasteiger partial charge in [0.15, 0.2) is 0 Å². The number of esters is 1. The molecule has 1 aliphatic rings. The molecule has 1 aromatic carbocycles. The lowest BCUT2D eigenvalue weighted by Gasteiger charge is -2.32. The van der Waals surface area contributed by atoms with Gasteiger partial charge >= 0.3 is 5.97 Å². The van der Waals surface area contributed by atoms with Gasteiger partial charge in [-0.1, -0.05) is 53.7 Å². The van der Waals surface area contributed by atoms with Crippen LogP contribution in [0.25, 0.3) is 0 Å². The summed E-state index contributed by atoms with van der Waals surface area (Å²) in [6.07, 6.45) is 0. The minimum absolute atomic E-state index is 0.0394. The van der Waals surface area contributed by atoms with Gasteiger partial charge in [0, 0.05) is 5.56 Å². The molecule has 2 rings (SSSR count). The molecular weight excluding hydrogens is 380 g/mol. The Bertz CT molecular complexity index is 967. The Kier molecular flexibility index (Phi) is 6.27. The van der Waals surface area contributed by atoms with E-state index in [-0.39, 0.29) is 46.0 Å². The lowest BCUT2D eigenvalue weighted by Crippen LogP contribution is -2.26. The number of ether oxygens (including phenoxy) is 2. The van der Waals surface area contributed by atoms with Crippen molar-refractivity contribution in [3.8, 4) is 11.8 Å².